The van der Waals surface area contributed by atoms with Crippen molar-refractivity contribution in [2.24, 2.45) is 5.92 Å². The van der Waals surface area contributed by atoms with Crippen LogP contribution in [-0.4, -0.2) is 53.8 Å². The van der Waals surface area contributed by atoms with Crippen molar-refractivity contribution >= 4 is 11.8 Å². The highest BCUT2D eigenvalue weighted by molar-refractivity contribution is 5.94. The van der Waals surface area contributed by atoms with Gasteiger partial charge in [-0.25, -0.2) is 13.2 Å². The van der Waals surface area contributed by atoms with Crippen molar-refractivity contribution in [3.63, 3.8) is 0 Å². The van der Waals surface area contributed by atoms with Crippen molar-refractivity contribution in [3.8, 4) is 0 Å². The van der Waals surface area contributed by atoms with Gasteiger partial charge in [-0.05, 0) is 55.5 Å². The fourth-order valence-electron chi connectivity index (χ4n) is 4.58. The van der Waals surface area contributed by atoms with E-state index in [0.29, 0.717) is 32.0 Å². The zero-order valence-corrected chi connectivity index (χ0v) is 18.4. The van der Waals surface area contributed by atoms with Crippen LogP contribution < -0.4 is 5.32 Å². The Morgan fingerprint density at radius 2 is 1.48 bits per heavy atom. The van der Waals surface area contributed by atoms with E-state index in [1.54, 1.807) is 12.1 Å². The predicted octanol–water partition coefficient (Wildman–Crippen LogP) is 3.74. The minimum absolute atomic E-state index is 0.00652. The first-order valence-corrected chi connectivity index (χ1v) is 11.4. The van der Waals surface area contributed by atoms with Gasteiger partial charge in [-0.3, -0.25) is 14.5 Å². The third kappa shape index (κ3) is 5.93. The van der Waals surface area contributed by atoms with Crippen LogP contribution in [0.4, 0.5) is 13.2 Å². The minimum Gasteiger partial charge on any atom is -0.353 e. The number of benzene rings is 2. The molecular weight excluding hydrogens is 431 g/mol. The maximum absolute atomic E-state index is 13.9. The number of nitrogens with one attached hydrogen (secondary N) is 1. The molecule has 33 heavy (non-hydrogen) atoms. The van der Waals surface area contributed by atoms with Crippen LogP contribution in [0.5, 0.6) is 0 Å². The molecule has 4 rings (SSSR count). The lowest BCUT2D eigenvalue weighted by Gasteiger charge is -2.35. The highest BCUT2D eigenvalue weighted by Gasteiger charge is 2.30. The summed E-state index contributed by atoms with van der Waals surface area (Å²) >= 11 is 0. The number of piperidine rings is 2. The van der Waals surface area contributed by atoms with Crippen molar-refractivity contribution in [2.45, 2.75) is 38.3 Å². The van der Waals surface area contributed by atoms with Crippen molar-refractivity contribution in [1.82, 2.24) is 15.1 Å². The quantitative estimate of drug-likeness (QED) is 0.741. The first kappa shape index (κ1) is 23.3. The van der Waals surface area contributed by atoms with E-state index in [2.05, 4.69) is 10.2 Å². The summed E-state index contributed by atoms with van der Waals surface area (Å²) in [5.74, 6) is -2.47. The topological polar surface area (TPSA) is 52.7 Å². The van der Waals surface area contributed by atoms with Crippen LogP contribution >= 0.6 is 0 Å². The van der Waals surface area contributed by atoms with Gasteiger partial charge in [0.25, 0.3) is 5.91 Å². The predicted molar refractivity (Wildman–Crippen MR) is 118 cm³/mol. The molecule has 0 aromatic heterocycles. The first-order valence-electron chi connectivity index (χ1n) is 11.4. The minimum atomic E-state index is -0.870. The molecule has 0 atom stereocenters. The van der Waals surface area contributed by atoms with Crippen molar-refractivity contribution in [3.05, 3.63) is 71.0 Å². The number of halogens is 3. The number of hydrogen-bond acceptors (Lipinski definition) is 3. The van der Waals surface area contributed by atoms with Crippen LogP contribution in [0.1, 0.15) is 41.6 Å². The molecule has 2 amide bonds. The molecule has 2 saturated heterocycles. The zero-order valence-electron chi connectivity index (χ0n) is 18.4. The molecule has 0 saturated carbocycles. The zero-order chi connectivity index (χ0) is 23.4. The fraction of sp³-hybridized carbons (Fsp3) is 0.440. The molecule has 2 aliphatic rings. The Bertz CT molecular complexity index is 983. The van der Waals surface area contributed by atoms with E-state index >= 15 is 0 Å². The molecule has 2 aliphatic heterocycles. The summed E-state index contributed by atoms with van der Waals surface area (Å²) in [6.07, 6.45) is 2.75. The standard InChI is InChI=1S/C25H28F3N3O2/c26-19-3-1-17(2-4-19)16-30-11-9-21(10-12-30)29-24(32)18-7-13-31(14-8-18)25(33)22-6-5-20(27)15-23(22)28/h1-6,15,18,21H,7-14,16H2,(H,29,32). The van der Waals surface area contributed by atoms with E-state index in [4.69, 9.17) is 0 Å². The fourth-order valence-corrected chi connectivity index (χ4v) is 4.58. The molecular formula is C25H28F3N3O2. The van der Waals surface area contributed by atoms with Gasteiger partial charge in [0.05, 0.1) is 5.56 Å². The number of rotatable bonds is 5. The number of amides is 2. The van der Waals surface area contributed by atoms with Gasteiger partial charge in [-0.2, -0.15) is 0 Å². The third-order valence-electron chi connectivity index (χ3n) is 6.57. The van der Waals surface area contributed by atoms with Crippen LogP contribution in [0.2, 0.25) is 0 Å². The number of nitrogens with zero attached hydrogens (tertiary/aromatic N) is 2. The van der Waals surface area contributed by atoms with E-state index in [9.17, 15) is 22.8 Å². The van der Waals surface area contributed by atoms with Crippen molar-refractivity contribution in [1.29, 1.82) is 0 Å². The monoisotopic (exact) mass is 459 g/mol. The summed E-state index contributed by atoms with van der Waals surface area (Å²) in [6, 6.07) is 9.59. The second-order valence-electron chi connectivity index (χ2n) is 8.88. The Morgan fingerprint density at radius 3 is 2.12 bits per heavy atom. The Hall–Kier alpha value is -2.87. The van der Waals surface area contributed by atoms with Crippen LogP contribution in [-0.2, 0) is 11.3 Å². The van der Waals surface area contributed by atoms with Crippen LogP contribution in [0.15, 0.2) is 42.5 Å². The van der Waals surface area contributed by atoms with Crippen molar-refractivity contribution < 1.29 is 22.8 Å². The summed E-state index contributed by atoms with van der Waals surface area (Å²) in [5, 5.41) is 3.15. The molecule has 2 aromatic carbocycles. The maximum Gasteiger partial charge on any atom is 0.256 e. The van der Waals surface area contributed by atoms with E-state index in [1.807, 2.05) is 0 Å². The number of likely N-dealkylation sites (tertiary alicyclic amines) is 2. The normalized spacial score (nSPS) is 18.3. The first-order chi connectivity index (χ1) is 15.9. The highest BCUT2D eigenvalue weighted by Crippen LogP contribution is 2.22. The Kier molecular flexibility index (Phi) is 7.33. The molecule has 5 nitrogen and oxygen atoms in total. The van der Waals surface area contributed by atoms with E-state index in [-0.39, 0.29) is 29.2 Å². The lowest BCUT2D eigenvalue weighted by molar-refractivity contribution is -0.127. The molecule has 2 heterocycles. The number of carbonyl (C=O) groups excluding carboxylic acids is 2. The molecule has 0 unspecified atom stereocenters. The lowest BCUT2D eigenvalue weighted by Crippen LogP contribution is -2.48. The average molecular weight is 460 g/mol. The Labute approximate surface area is 191 Å². The second kappa shape index (κ2) is 10.4. The molecule has 0 spiro atoms. The lowest BCUT2D eigenvalue weighted by atomic mass is 9.94. The van der Waals surface area contributed by atoms with Gasteiger partial charge in [-0.1, -0.05) is 12.1 Å². The van der Waals surface area contributed by atoms with Gasteiger partial charge in [0.2, 0.25) is 5.91 Å². The molecule has 1 N–H and O–H groups in total. The molecule has 8 heteroatoms. The number of hydrogen-bond donors (Lipinski definition) is 1. The van der Waals surface area contributed by atoms with Gasteiger partial charge in [0, 0.05) is 50.7 Å². The summed E-state index contributed by atoms with van der Waals surface area (Å²) in [5.41, 5.74) is 0.924. The summed E-state index contributed by atoms with van der Waals surface area (Å²) < 4.78 is 40.1. The summed E-state index contributed by atoms with van der Waals surface area (Å²) in [4.78, 5) is 29.1. The van der Waals surface area contributed by atoms with Crippen molar-refractivity contribution in [2.75, 3.05) is 26.2 Å². The smallest absolute Gasteiger partial charge is 0.256 e. The van der Waals surface area contributed by atoms with E-state index in [1.165, 1.54) is 17.0 Å². The van der Waals surface area contributed by atoms with Gasteiger partial charge in [0.15, 0.2) is 0 Å². The molecule has 0 radical (unpaired) electrons. The maximum atomic E-state index is 13.9. The SMILES string of the molecule is O=C(NC1CCN(Cc2ccc(F)cc2)CC1)C1CCN(C(=O)c2ccc(F)cc2F)CC1. The third-order valence-corrected chi connectivity index (χ3v) is 6.57. The van der Waals surface area contributed by atoms with Gasteiger partial charge >= 0.3 is 0 Å². The highest BCUT2D eigenvalue weighted by atomic mass is 19.1. The molecule has 176 valence electrons. The summed E-state index contributed by atoms with van der Waals surface area (Å²) in [6.45, 7) is 3.22. The van der Waals surface area contributed by atoms with Gasteiger partial charge < -0.3 is 10.2 Å². The van der Waals surface area contributed by atoms with Gasteiger partial charge in [-0.15, -0.1) is 0 Å². The largest absolute Gasteiger partial charge is 0.353 e. The Balaban J connectivity index is 1.20. The molecule has 2 aromatic rings. The Morgan fingerprint density at radius 1 is 0.848 bits per heavy atom. The summed E-state index contributed by atoms with van der Waals surface area (Å²) in [7, 11) is 0. The van der Waals surface area contributed by atoms with E-state index < -0.39 is 17.5 Å². The average Bonchev–Trinajstić information content (AvgIpc) is 2.81. The molecule has 0 bridgehead atoms. The second-order valence-corrected chi connectivity index (χ2v) is 8.88. The van der Waals surface area contributed by atoms with Crippen LogP contribution in [0, 0.1) is 23.4 Å². The van der Waals surface area contributed by atoms with E-state index in [0.717, 1.165) is 50.2 Å². The molecule has 2 fully saturated rings. The van der Waals surface area contributed by atoms with Crippen LogP contribution in [0.25, 0.3) is 0 Å². The van der Waals surface area contributed by atoms with Crippen LogP contribution in [0.3, 0.4) is 0 Å². The molecule has 0 aliphatic carbocycles. The van der Waals surface area contributed by atoms with Gasteiger partial charge in [0.1, 0.15) is 17.5 Å². The number of carbonyl (C=O) groups is 2.